The Balaban J connectivity index is 1.77. The standard InChI is InChI=1S/C15H31N3/c1-15(2,12-16-3)13-17-10-7-14(11-17)18-8-5-4-6-9-18/h14,16H,4-13H2,1-3H3. The fourth-order valence-electron chi connectivity index (χ4n) is 3.68. The number of hydrogen-bond acceptors (Lipinski definition) is 3. The molecule has 0 spiro atoms. The van der Waals surface area contributed by atoms with E-state index in [1.807, 2.05) is 0 Å². The van der Waals surface area contributed by atoms with Gasteiger partial charge in [-0.05, 0) is 51.4 Å². The lowest BCUT2D eigenvalue weighted by atomic mass is 9.93. The van der Waals surface area contributed by atoms with Gasteiger partial charge in [-0.25, -0.2) is 0 Å². The summed E-state index contributed by atoms with van der Waals surface area (Å²) in [6.45, 7) is 12.4. The molecule has 2 aliphatic heterocycles. The number of nitrogens with one attached hydrogen (secondary N) is 1. The molecule has 3 nitrogen and oxygen atoms in total. The summed E-state index contributed by atoms with van der Waals surface area (Å²) >= 11 is 0. The highest BCUT2D eigenvalue weighted by Gasteiger charge is 2.31. The smallest absolute Gasteiger partial charge is 0.0235 e. The molecule has 0 aromatic heterocycles. The maximum absolute atomic E-state index is 3.32. The van der Waals surface area contributed by atoms with Gasteiger partial charge in [-0.3, -0.25) is 4.90 Å². The fraction of sp³-hybridized carbons (Fsp3) is 1.00. The minimum absolute atomic E-state index is 0.394. The summed E-state index contributed by atoms with van der Waals surface area (Å²) in [5.74, 6) is 0. The molecule has 0 aliphatic carbocycles. The van der Waals surface area contributed by atoms with Crippen LogP contribution in [0.4, 0.5) is 0 Å². The Kier molecular flexibility index (Phi) is 5.05. The van der Waals surface area contributed by atoms with E-state index < -0.39 is 0 Å². The average Bonchev–Trinajstić information content (AvgIpc) is 2.77. The molecule has 0 saturated carbocycles. The molecule has 1 atom stereocenters. The molecule has 3 heteroatoms. The van der Waals surface area contributed by atoms with Crippen molar-refractivity contribution in [2.24, 2.45) is 5.41 Å². The summed E-state index contributed by atoms with van der Waals surface area (Å²) in [5, 5.41) is 3.32. The van der Waals surface area contributed by atoms with E-state index in [0.29, 0.717) is 5.41 Å². The Labute approximate surface area is 113 Å². The molecule has 18 heavy (non-hydrogen) atoms. The van der Waals surface area contributed by atoms with Crippen molar-refractivity contribution in [2.45, 2.75) is 45.6 Å². The van der Waals surface area contributed by atoms with Crippen LogP contribution in [0.2, 0.25) is 0 Å². The van der Waals surface area contributed by atoms with Crippen LogP contribution >= 0.6 is 0 Å². The molecule has 0 amide bonds. The summed E-state index contributed by atoms with van der Waals surface area (Å²) in [6.07, 6.45) is 5.67. The van der Waals surface area contributed by atoms with Gasteiger partial charge < -0.3 is 10.2 Å². The quantitative estimate of drug-likeness (QED) is 0.806. The number of piperidine rings is 1. The van der Waals surface area contributed by atoms with Gasteiger partial charge in [-0.1, -0.05) is 20.3 Å². The second kappa shape index (κ2) is 6.36. The SMILES string of the molecule is CNCC(C)(C)CN1CCC(N2CCCCC2)C1. The van der Waals surface area contributed by atoms with Crippen LogP contribution in [0.5, 0.6) is 0 Å². The molecule has 2 saturated heterocycles. The van der Waals surface area contributed by atoms with Gasteiger partial charge in [-0.15, -0.1) is 0 Å². The van der Waals surface area contributed by atoms with Crippen LogP contribution in [0, 0.1) is 5.41 Å². The van der Waals surface area contributed by atoms with Gasteiger partial charge in [0.05, 0.1) is 0 Å². The zero-order valence-electron chi connectivity index (χ0n) is 12.5. The fourth-order valence-corrected chi connectivity index (χ4v) is 3.68. The molecule has 0 radical (unpaired) electrons. The maximum atomic E-state index is 3.32. The zero-order chi connectivity index (χ0) is 13.0. The first-order valence-electron chi connectivity index (χ1n) is 7.72. The summed E-state index contributed by atoms with van der Waals surface area (Å²) < 4.78 is 0. The highest BCUT2D eigenvalue weighted by atomic mass is 15.3. The summed E-state index contributed by atoms with van der Waals surface area (Å²) in [5.41, 5.74) is 0.394. The van der Waals surface area contributed by atoms with Crippen LogP contribution in [-0.4, -0.2) is 62.2 Å². The van der Waals surface area contributed by atoms with E-state index in [1.165, 1.54) is 58.4 Å². The molecule has 106 valence electrons. The van der Waals surface area contributed by atoms with Gasteiger partial charge in [0.25, 0.3) is 0 Å². The Morgan fingerprint density at radius 1 is 1.11 bits per heavy atom. The average molecular weight is 253 g/mol. The Morgan fingerprint density at radius 3 is 2.50 bits per heavy atom. The number of hydrogen-bond donors (Lipinski definition) is 1. The van der Waals surface area contributed by atoms with E-state index >= 15 is 0 Å². The number of nitrogens with zero attached hydrogens (tertiary/aromatic N) is 2. The third-order valence-electron chi connectivity index (χ3n) is 4.46. The summed E-state index contributed by atoms with van der Waals surface area (Å²) in [4.78, 5) is 5.42. The third-order valence-corrected chi connectivity index (χ3v) is 4.46. The van der Waals surface area contributed by atoms with Crippen molar-refractivity contribution in [3.05, 3.63) is 0 Å². The molecular formula is C15H31N3. The maximum Gasteiger partial charge on any atom is 0.0235 e. The predicted molar refractivity (Wildman–Crippen MR) is 78.0 cm³/mol. The van der Waals surface area contributed by atoms with Crippen LogP contribution in [0.1, 0.15) is 39.5 Å². The van der Waals surface area contributed by atoms with Crippen LogP contribution < -0.4 is 5.32 Å². The molecular weight excluding hydrogens is 222 g/mol. The predicted octanol–water partition coefficient (Wildman–Crippen LogP) is 1.79. The van der Waals surface area contributed by atoms with E-state index in [2.05, 4.69) is 36.0 Å². The van der Waals surface area contributed by atoms with Crippen LogP contribution in [0.3, 0.4) is 0 Å². The lowest BCUT2D eigenvalue weighted by Crippen LogP contribution is -2.43. The molecule has 0 bridgehead atoms. The Hall–Kier alpha value is -0.120. The van der Waals surface area contributed by atoms with Gasteiger partial charge in [0.15, 0.2) is 0 Å². The van der Waals surface area contributed by atoms with Gasteiger partial charge in [0.1, 0.15) is 0 Å². The number of likely N-dealkylation sites (tertiary alicyclic amines) is 2. The second-order valence-electron chi connectivity index (χ2n) is 6.97. The van der Waals surface area contributed by atoms with Gasteiger partial charge in [-0.2, -0.15) is 0 Å². The monoisotopic (exact) mass is 253 g/mol. The molecule has 2 rings (SSSR count). The lowest BCUT2D eigenvalue weighted by Gasteiger charge is -2.33. The minimum atomic E-state index is 0.394. The Morgan fingerprint density at radius 2 is 1.83 bits per heavy atom. The Bertz CT molecular complexity index is 246. The van der Waals surface area contributed by atoms with E-state index in [1.54, 1.807) is 0 Å². The summed E-state index contributed by atoms with van der Waals surface area (Å²) in [7, 11) is 2.06. The first kappa shape index (κ1) is 14.3. The van der Waals surface area contributed by atoms with Crippen LogP contribution in [0.25, 0.3) is 0 Å². The first-order chi connectivity index (χ1) is 8.61. The van der Waals surface area contributed by atoms with Gasteiger partial charge >= 0.3 is 0 Å². The van der Waals surface area contributed by atoms with Crippen molar-refractivity contribution in [2.75, 3.05) is 46.3 Å². The van der Waals surface area contributed by atoms with Gasteiger partial charge in [0, 0.05) is 25.7 Å². The largest absolute Gasteiger partial charge is 0.319 e. The number of rotatable bonds is 5. The molecule has 2 fully saturated rings. The molecule has 2 heterocycles. The van der Waals surface area contributed by atoms with E-state index in [4.69, 9.17) is 0 Å². The topological polar surface area (TPSA) is 18.5 Å². The molecule has 0 aromatic rings. The van der Waals surface area contributed by atoms with Crippen molar-refractivity contribution >= 4 is 0 Å². The van der Waals surface area contributed by atoms with Crippen molar-refractivity contribution in [1.82, 2.24) is 15.1 Å². The normalized spacial score (nSPS) is 27.8. The summed E-state index contributed by atoms with van der Waals surface area (Å²) in [6, 6.07) is 0.843. The zero-order valence-corrected chi connectivity index (χ0v) is 12.5. The van der Waals surface area contributed by atoms with E-state index in [0.717, 1.165) is 12.6 Å². The first-order valence-corrected chi connectivity index (χ1v) is 7.72. The lowest BCUT2D eigenvalue weighted by molar-refractivity contribution is 0.149. The van der Waals surface area contributed by atoms with Crippen molar-refractivity contribution in [3.8, 4) is 0 Å². The van der Waals surface area contributed by atoms with E-state index in [-0.39, 0.29) is 0 Å². The second-order valence-corrected chi connectivity index (χ2v) is 6.97. The molecule has 0 aromatic carbocycles. The van der Waals surface area contributed by atoms with Crippen molar-refractivity contribution < 1.29 is 0 Å². The highest BCUT2D eigenvalue weighted by Crippen LogP contribution is 2.23. The van der Waals surface area contributed by atoms with Crippen LogP contribution in [-0.2, 0) is 0 Å². The van der Waals surface area contributed by atoms with Crippen LogP contribution in [0.15, 0.2) is 0 Å². The van der Waals surface area contributed by atoms with Gasteiger partial charge in [0.2, 0.25) is 0 Å². The molecule has 1 unspecified atom stereocenters. The van der Waals surface area contributed by atoms with Crippen molar-refractivity contribution in [1.29, 1.82) is 0 Å². The molecule has 2 aliphatic rings. The van der Waals surface area contributed by atoms with Crippen molar-refractivity contribution in [3.63, 3.8) is 0 Å². The van der Waals surface area contributed by atoms with E-state index in [9.17, 15) is 0 Å². The minimum Gasteiger partial charge on any atom is -0.319 e. The third kappa shape index (κ3) is 3.94. The highest BCUT2D eigenvalue weighted by molar-refractivity contribution is 4.87. The molecule has 1 N–H and O–H groups in total.